The van der Waals surface area contributed by atoms with Crippen LogP contribution >= 0.6 is 24.0 Å². The highest BCUT2D eigenvalue weighted by atomic mass is 127. The number of ether oxygens (including phenoxy) is 1. The fraction of sp³-hybridized carbons (Fsp3) is 0.300. The maximum absolute atomic E-state index is 12.9. The van der Waals surface area contributed by atoms with Gasteiger partial charge < -0.3 is 20.7 Å². The van der Waals surface area contributed by atoms with E-state index in [4.69, 9.17) is 4.74 Å². The van der Waals surface area contributed by atoms with Gasteiger partial charge in [0.05, 0.1) is 13.5 Å². The minimum atomic E-state index is -0.310. The first-order valence-corrected chi connectivity index (χ1v) is 8.70. The molecule has 0 fully saturated rings. The molecule has 28 heavy (non-hydrogen) atoms. The highest BCUT2D eigenvalue weighted by Gasteiger charge is 2.05. The Morgan fingerprint density at radius 2 is 1.71 bits per heavy atom. The Bertz CT molecular complexity index is 769. The first-order chi connectivity index (χ1) is 13.1. The minimum Gasteiger partial charge on any atom is -0.496 e. The van der Waals surface area contributed by atoms with Crippen LogP contribution < -0.4 is 20.7 Å². The SMILES string of the molecule is CN=C(NCCNC(=O)Cc1ccc(F)cc1)NCc1ccccc1OC.I. The lowest BCUT2D eigenvalue weighted by atomic mass is 10.1. The second-order valence-electron chi connectivity index (χ2n) is 5.82. The molecular formula is C20H26FIN4O2. The third-order valence-corrected chi connectivity index (χ3v) is 3.88. The molecule has 6 nitrogen and oxygen atoms in total. The van der Waals surface area contributed by atoms with Crippen LogP contribution in [0.1, 0.15) is 11.1 Å². The van der Waals surface area contributed by atoms with Crippen LogP contribution in [0.15, 0.2) is 53.5 Å². The predicted octanol–water partition coefficient (Wildman–Crippen LogP) is 2.48. The lowest BCUT2D eigenvalue weighted by Crippen LogP contribution is -2.41. The lowest BCUT2D eigenvalue weighted by Gasteiger charge is -2.14. The quantitative estimate of drug-likeness (QED) is 0.226. The summed E-state index contributed by atoms with van der Waals surface area (Å²) in [4.78, 5) is 16.1. The first-order valence-electron chi connectivity index (χ1n) is 8.70. The number of nitrogens with zero attached hydrogens (tertiary/aromatic N) is 1. The highest BCUT2D eigenvalue weighted by molar-refractivity contribution is 14.0. The molecule has 1 amide bonds. The van der Waals surface area contributed by atoms with Crippen molar-refractivity contribution in [3.8, 4) is 5.75 Å². The number of aliphatic imine (C=N–C) groups is 1. The van der Waals surface area contributed by atoms with E-state index in [1.54, 1.807) is 26.3 Å². The van der Waals surface area contributed by atoms with Crippen LogP contribution in [0.4, 0.5) is 4.39 Å². The molecule has 8 heteroatoms. The maximum atomic E-state index is 12.9. The van der Waals surface area contributed by atoms with E-state index >= 15 is 0 Å². The van der Waals surface area contributed by atoms with Crippen molar-refractivity contribution >= 4 is 35.8 Å². The summed E-state index contributed by atoms with van der Waals surface area (Å²) in [5.41, 5.74) is 1.80. The molecule has 2 rings (SSSR count). The van der Waals surface area contributed by atoms with Crippen LogP contribution in [0.3, 0.4) is 0 Å². The number of carbonyl (C=O) groups excluding carboxylic acids is 1. The second-order valence-corrected chi connectivity index (χ2v) is 5.82. The van der Waals surface area contributed by atoms with E-state index in [1.165, 1.54) is 12.1 Å². The summed E-state index contributed by atoms with van der Waals surface area (Å²) in [6, 6.07) is 13.7. The Kier molecular flexibility index (Phi) is 10.9. The third kappa shape index (κ3) is 8.12. The fourth-order valence-corrected chi connectivity index (χ4v) is 2.48. The van der Waals surface area contributed by atoms with E-state index in [0.29, 0.717) is 25.6 Å². The van der Waals surface area contributed by atoms with E-state index < -0.39 is 0 Å². The van der Waals surface area contributed by atoms with Gasteiger partial charge in [-0.15, -0.1) is 24.0 Å². The Hall–Kier alpha value is -2.36. The molecule has 0 bridgehead atoms. The van der Waals surface area contributed by atoms with E-state index in [-0.39, 0.29) is 42.1 Å². The molecule has 0 aliphatic carbocycles. The molecule has 0 aromatic heterocycles. The van der Waals surface area contributed by atoms with Gasteiger partial charge in [0.1, 0.15) is 11.6 Å². The van der Waals surface area contributed by atoms with Crippen molar-refractivity contribution in [1.29, 1.82) is 0 Å². The lowest BCUT2D eigenvalue weighted by molar-refractivity contribution is -0.120. The number of rotatable bonds is 8. The monoisotopic (exact) mass is 500 g/mol. The van der Waals surface area contributed by atoms with Crippen LogP contribution in [0.5, 0.6) is 5.75 Å². The van der Waals surface area contributed by atoms with Crippen LogP contribution in [-0.4, -0.2) is 39.1 Å². The fourth-order valence-electron chi connectivity index (χ4n) is 2.48. The second kappa shape index (κ2) is 12.9. The molecule has 0 unspecified atom stereocenters. The van der Waals surface area contributed by atoms with Gasteiger partial charge in [-0.05, 0) is 23.8 Å². The Morgan fingerprint density at radius 1 is 1.04 bits per heavy atom. The topological polar surface area (TPSA) is 74.8 Å². The van der Waals surface area contributed by atoms with Gasteiger partial charge in [0.2, 0.25) is 5.91 Å². The van der Waals surface area contributed by atoms with Crippen molar-refractivity contribution in [1.82, 2.24) is 16.0 Å². The summed E-state index contributed by atoms with van der Waals surface area (Å²) < 4.78 is 18.2. The van der Waals surface area contributed by atoms with Crippen LogP contribution in [0.25, 0.3) is 0 Å². The average molecular weight is 500 g/mol. The van der Waals surface area contributed by atoms with Crippen molar-refractivity contribution in [2.24, 2.45) is 4.99 Å². The van der Waals surface area contributed by atoms with Gasteiger partial charge in [0.25, 0.3) is 0 Å². The number of carbonyl (C=O) groups is 1. The van der Waals surface area contributed by atoms with Crippen LogP contribution in [0.2, 0.25) is 0 Å². The van der Waals surface area contributed by atoms with Crippen molar-refractivity contribution < 1.29 is 13.9 Å². The number of hydrogen-bond acceptors (Lipinski definition) is 3. The summed E-state index contributed by atoms with van der Waals surface area (Å²) in [5.74, 6) is 1.03. The minimum absolute atomic E-state index is 0. The number of methoxy groups -OCH3 is 1. The molecule has 0 atom stereocenters. The van der Waals surface area contributed by atoms with Gasteiger partial charge in [-0.1, -0.05) is 30.3 Å². The van der Waals surface area contributed by atoms with Crippen molar-refractivity contribution in [2.75, 3.05) is 27.2 Å². The zero-order valence-corrected chi connectivity index (χ0v) is 18.3. The van der Waals surface area contributed by atoms with E-state index in [2.05, 4.69) is 20.9 Å². The molecule has 0 heterocycles. The molecule has 0 aliphatic heterocycles. The highest BCUT2D eigenvalue weighted by Crippen LogP contribution is 2.16. The average Bonchev–Trinajstić information content (AvgIpc) is 2.69. The van der Waals surface area contributed by atoms with E-state index in [1.807, 2.05) is 24.3 Å². The molecule has 3 N–H and O–H groups in total. The third-order valence-electron chi connectivity index (χ3n) is 3.88. The summed E-state index contributed by atoms with van der Waals surface area (Å²) in [5, 5.41) is 9.16. The van der Waals surface area contributed by atoms with E-state index in [9.17, 15) is 9.18 Å². The molecule has 0 aliphatic rings. The van der Waals surface area contributed by atoms with E-state index in [0.717, 1.165) is 16.9 Å². The van der Waals surface area contributed by atoms with Crippen molar-refractivity contribution in [2.45, 2.75) is 13.0 Å². The molecule has 0 saturated carbocycles. The summed E-state index contributed by atoms with van der Waals surface area (Å²) in [6.07, 6.45) is 0.223. The van der Waals surface area contributed by atoms with Crippen molar-refractivity contribution in [3.05, 3.63) is 65.5 Å². The Labute approximate surface area is 182 Å². The Balaban J connectivity index is 0.00000392. The number of guanidine groups is 1. The number of nitrogens with one attached hydrogen (secondary N) is 3. The number of benzene rings is 2. The van der Waals surface area contributed by atoms with Crippen LogP contribution in [-0.2, 0) is 17.8 Å². The summed E-state index contributed by atoms with van der Waals surface area (Å²) >= 11 is 0. The zero-order valence-electron chi connectivity index (χ0n) is 16.0. The maximum Gasteiger partial charge on any atom is 0.224 e. The van der Waals surface area contributed by atoms with Crippen molar-refractivity contribution in [3.63, 3.8) is 0 Å². The normalized spacial score (nSPS) is 10.6. The van der Waals surface area contributed by atoms with Crippen LogP contribution in [0, 0.1) is 5.82 Å². The largest absolute Gasteiger partial charge is 0.496 e. The van der Waals surface area contributed by atoms with Gasteiger partial charge in [0, 0.05) is 32.2 Å². The molecular weight excluding hydrogens is 474 g/mol. The van der Waals surface area contributed by atoms with Gasteiger partial charge in [-0.25, -0.2) is 4.39 Å². The number of halogens is 2. The first kappa shape index (κ1) is 23.7. The van der Waals surface area contributed by atoms with Gasteiger partial charge in [-0.3, -0.25) is 9.79 Å². The molecule has 0 saturated heterocycles. The number of amides is 1. The molecule has 0 spiro atoms. The Morgan fingerprint density at radius 3 is 2.39 bits per heavy atom. The zero-order chi connectivity index (χ0) is 19.5. The molecule has 0 radical (unpaired) electrons. The molecule has 152 valence electrons. The standard InChI is InChI=1S/C20H25FN4O2.HI/c1-22-20(25-14-16-5-3-4-6-18(16)27-2)24-12-11-23-19(26)13-15-7-9-17(21)10-8-15;/h3-10H,11-14H2,1-2H3,(H,23,26)(H2,22,24,25);1H. The van der Waals surface area contributed by atoms with Gasteiger partial charge in [-0.2, -0.15) is 0 Å². The summed E-state index contributed by atoms with van der Waals surface area (Å²) in [6.45, 7) is 1.55. The van der Waals surface area contributed by atoms with Gasteiger partial charge >= 0.3 is 0 Å². The number of hydrogen-bond donors (Lipinski definition) is 3. The smallest absolute Gasteiger partial charge is 0.224 e. The number of para-hydroxylation sites is 1. The molecule has 2 aromatic rings. The predicted molar refractivity (Wildman–Crippen MR) is 120 cm³/mol. The van der Waals surface area contributed by atoms with Gasteiger partial charge in [0.15, 0.2) is 5.96 Å². The molecule has 2 aromatic carbocycles. The summed E-state index contributed by atoms with van der Waals surface area (Å²) in [7, 11) is 3.32.